The van der Waals surface area contributed by atoms with Crippen molar-refractivity contribution in [3.05, 3.63) is 35.5 Å². The van der Waals surface area contributed by atoms with E-state index in [1.54, 1.807) is 4.90 Å². The van der Waals surface area contributed by atoms with E-state index in [-0.39, 0.29) is 12.3 Å². The number of hydrogen-bond acceptors (Lipinski definition) is 1. The minimum Gasteiger partial charge on any atom is -0.339 e. The number of hydrogen-bond donors (Lipinski definition) is 0. The van der Waals surface area contributed by atoms with E-state index in [1.807, 2.05) is 0 Å². The summed E-state index contributed by atoms with van der Waals surface area (Å²) >= 11 is 0. The van der Waals surface area contributed by atoms with E-state index >= 15 is 0 Å². The molecule has 1 aliphatic heterocycles. The Balaban J connectivity index is 2.04. The molecule has 4 heteroatoms. The first-order valence-electron chi connectivity index (χ1n) is 6.29. The zero-order valence-corrected chi connectivity index (χ0v) is 10.5. The molecular weight excluding hydrogens is 236 g/mol. The maximum Gasteiger partial charge on any atom is 0.253 e. The average Bonchev–Trinajstić information content (AvgIpc) is 2.53. The molecule has 0 aromatic rings. The van der Waals surface area contributed by atoms with Crippen LogP contribution >= 0.6 is 0 Å². The van der Waals surface area contributed by atoms with Crippen molar-refractivity contribution in [1.29, 1.82) is 0 Å². The highest BCUT2D eigenvalue weighted by Crippen LogP contribution is 2.23. The molecular formula is C14H17F2NO. The summed E-state index contributed by atoms with van der Waals surface area (Å²) in [5, 5.41) is 0. The van der Waals surface area contributed by atoms with Crippen LogP contribution in [0.4, 0.5) is 8.78 Å². The Morgan fingerprint density at radius 3 is 2.61 bits per heavy atom. The van der Waals surface area contributed by atoms with Crippen molar-refractivity contribution in [3.8, 4) is 0 Å². The minimum absolute atomic E-state index is 0.124. The van der Waals surface area contributed by atoms with Crippen LogP contribution in [-0.4, -0.2) is 23.9 Å². The van der Waals surface area contributed by atoms with Gasteiger partial charge in [0.2, 0.25) is 0 Å². The molecule has 0 spiro atoms. The molecule has 0 saturated carbocycles. The van der Waals surface area contributed by atoms with Crippen LogP contribution < -0.4 is 0 Å². The smallest absolute Gasteiger partial charge is 0.253 e. The monoisotopic (exact) mass is 253 g/mol. The second-order valence-corrected chi connectivity index (χ2v) is 4.92. The van der Waals surface area contributed by atoms with E-state index in [0.29, 0.717) is 11.5 Å². The molecule has 18 heavy (non-hydrogen) atoms. The number of piperidine rings is 1. The Morgan fingerprint density at radius 1 is 1.28 bits per heavy atom. The van der Waals surface area contributed by atoms with Gasteiger partial charge in [0.25, 0.3) is 5.91 Å². The number of carbonyl (C=O) groups is 1. The van der Waals surface area contributed by atoms with Crippen LogP contribution in [0.2, 0.25) is 0 Å². The standard InChI is InChI=1S/C14H17F2NO/c1-10-6-8-17(9-7-10)14(18)11-2-4-12(15)13(16)5-3-11/h2-4,10H,5-9H2,1H3. The lowest BCUT2D eigenvalue weighted by Crippen LogP contribution is -2.38. The number of nitrogens with zero attached hydrogens (tertiary/aromatic N) is 1. The van der Waals surface area contributed by atoms with Crippen molar-refractivity contribution in [2.24, 2.45) is 5.92 Å². The summed E-state index contributed by atoms with van der Waals surface area (Å²) in [4.78, 5) is 13.9. The number of likely N-dealkylation sites (tertiary alicyclic amines) is 1. The Morgan fingerprint density at radius 2 is 1.94 bits per heavy atom. The van der Waals surface area contributed by atoms with E-state index in [4.69, 9.17) is 0 Å². The van der Waals surface area contributed by atoms with Crippen molar-refractivity contribution >= 4 is 5.91 Å². The van der Waals surface area contributed by atoms with Crippen LogP contribution in [-0.2, 0) is 4.79 Å². The third-order valence-electron chi connectivity index (χ3n) is 3.49. The summed E-state index contributed by atoms with van der Waals surface area (Å²) in [5.41, 5.74) is 0.382. The van der Waals surface area contributed by atoms with E-state index in [0.717, 1.165) is 32.0 Å². The lowest BCUT2D eigenvalue weighted by atomic mass is 9.98. The fourth-order valence-electron chi connectivity index (χ4n) is 2.17. The van der Waals surface area contributed by atoms with Crippen molar-refractivity contribution in [1.82, 2.24) is 4.90 Å². The normalized spacial score (nSPS) is 21.9. The molecule has 2 aliphatic rings. The quantitative estimate of drug-likeness (QED) is 0.702. The molecule has 0 radical (unpaired) electrons. The van der Waals surface area contributed by atoms with Crippen molar-refractivity contribution < 1.29 is 13.6 Å². The topological polar surface area (TPSA) is 20.3 Å². The first-order valence-corrected chi connectivity index (χ1v) is 6.29. The second kappa shape index (κ2) is 5.46. The number of rotatable bonds is 1. The summed E-state index contributed by atoms with van der Waals surface area (Å²) in [5.74, 6) is -1.19. The van der Waals surface area contributed by atoms with Gasteiger partial charge in [-0.3, -0.25) is 4.79 Å². The van der Waals surface area contributed by atoms with Gasteiger partial charge in [-0.15, -0.1) is 0 Å². The molecule has 0 N–H and O–H groups in total. The third kappa shape index (κ3) is 2.86. The summed E-state index contributed by atoms with van der Waals surface area (Å²) in [6, 6.07) is 0. The predicted octanol–water partition coefficient (Wildman–Crippen LogP) is 3.28. The highest BCUT2D eigenvalue weighted by Gasteiger charge is 2.22. The molecule has 0 bridgehead atoms. The molecule has 1 fully saturated rings. The van der Waals surface area contributed by atoms with E-state index in [1.165, 1.54) is 12.2 Å². The summed E-state index contributed by atoms with van der Waals surface area (Å²) < 4.78 is 26.1. The van der Waals surface area contributed by atoms with Gasteiger partial charge in [0, 0.05) is 25.1 Å². The lowest BCUT2D eigenvalue weighted by Gasteiger charge is -2.30. The van der Waals surface area contributed by atoms with Gasteiger partial charge in [-0.05, 0) is 30.9 Å². The van der Waals surface area contributed by atoms with Gasteiger partial charge < -0.3 is 4.90 Å². The second-order valence-electron chi connectivity index (χ2n) is 4.92. The van der Waals surface area contributed by atoms with Crippen LogP contribution in [0.1, 0.15) is 26.2 Å². The predicted molar refractivity (Wildman–Crippen MR) is 66.1 cm³/mol. The maximum absolute atomic E-state index is 13.1. The highest BCUT2D eigenvalue weighted by molar-refractivity contribution is 5.96. The zero-order chi connectivity index (χ0) is 13.1. The van der Waals surface area contributed by atoms with Gasteiger partial charge in [0.1, 0.15) is 5.83 Å². The van der Waals surface area contributed by atoms with Crippen molar-refractivity contribution in [2.75, 3.05) is 13.1 Å². The van der Waals surface area contributed by atoms with Crippen molar-refractivity contribution in [3.63, 3.8) is 0 Å². The Labute approximate surface area is 106 Å². The molecule has 1 amide bonds. The first-order chi connectivity index (χ1) is 8.58. The largest absolute Gasteiger partial charge is 0.339 e. The Bertz CT molecular complexity index is 429. The first kappa shape index (κ1) is 13.0. The number of amides is 1. The van der Waals surface area contributed by atoms with Gasteiger partial charge in [0.15, 0.2) is 5.83 Å². The summed E-state index contributed by atoms with van der Waals surface area (Å²) in [7, 11) is 0. The van der Waals surface area contributed by atoms with Crippen LogP contribution in [0.25, 0.3) is 0 Å². The molecule has 1 heterocycles. The van der Waals surface area contributed by atoms with Gasteiger partial charge in [-0.1, -0.05) is 13.0 Å². The molecule has 1 aliphatic carbocycles. The van der Waals surface area contributed by atoms with Crippen LogP contribution in [0, 0.1) is 5.92 Å². The molecule has 98 valence electrons. The fourth-order valence-corrected chi connectivity index (χ4v) is 2.17. The molecule has 0 aromatic carbocycles. The fraction of sp³-hybridized carbons (Fsp3) is 0.500. The van der Waals surface area contributed by atoms with E-state index in [2.05, 4.69) is 6.92 Å². The Hall–Kier alpha value is -1.45. The number of halogens is 2. The summed E-state index contributed by atoms with van der Waals surface area (Å²) in [6.07, 6.45) is 5.68. The lowest BCUT2D eigenvalue weighted by molar-refractivity contribution is -0.128. The molecule has 0 aromatic heterocycles. The van der Waals surface area contributed by atoms with Gasteiger partial charge in [0.05, 0.1) is 0 Å². The minimum atomic E-state index is -0.888. The third-order valence-corrected chi connectivity index (χ3v) is 3.49. The molecule has 2 nitrogen and oxygen atoms in total. The zero-order valence-electron chi connectivity index (χ0n) is 10.5. The van der Waals surface area contributed by atoms with Gasteiger partial charge >= 0.3 is 0 Å². The average molecular weight is 253 g/mol. The number of allylic oxidation sites excluding steroid dienone is 4. The van der Waals surface area contributed by atoms with E-state index in [9.17, 15) is 13.6 Å². The Kier molecular flexibility index (Phi) is 3.94. The van der Waals surface area contributed by atoms with Gasteiger partial charge in [-0.2, -0.15) is 0 Å². The van der Waals surface area contributed by atoms with Crippen LogP contribution in [0.5, 0.6) is 0 Å². The van der Waals surface area contributed by atoms with Gasteiger partial charge in [-0.25, -0.2) is 8.78 Å². The molecule has 0 unspecified atom stereocenters. The van der Waals surface area contributed by atoms with Crippen LogP contribution in [0.3, 0.4) is 0 Å². The maximum atomic E-state index is 13.1. The SMILES string of the molecule is CC1CCN(C(=O)C2=CCC(F)=C(F)C=C2)CC1. The number of carbonyl (C=O) groups excluding carboxylic acids is 1. The van der Waals surface area contributed by atoms with Crippen molar-refractivity contribution in [2.45, 2.75) is 26.2 Å². The van der Waals surface area contributed by atoms with E-state index < -0.39 is 11.7 Å². The molecule has 0 atom stereocenters. The molecule has 1 saturated heterocycles. The highest BCUT2D eigenvalue weighted by atomic mass is 19.2. The van der Waals surface area contributed by atoms with Crippen LogP contribution in [0.15, 0.2) is 35.5 Å². The molecule has 2 rings (SSSR count). The summed E-state index contributed by atoms with van der Waals surface area (Å²) in [6.45, 7) is 3.62.